The summed E-state index contributed by atoms with van der Waals surface area (Å²) >= 11 is 0. The molecular formula is C74H98N4O4. The normalized spacial score (nSPS) is 11.7. The standard InChI is InChI=1S/C74H98N4O4/c1-9-17-45-77(46-18-10-2)67-37-29-59(30-38-67)25-33-63-55-73(81-51-23-15-7)65(57-71(63)79-49-21-13-5)35-27-61-41-43-75-69(53-61)70-54-62(42-44-76-70)28-36-66-58-72(80-50-22-14-6)64(56-74(66)82-52-24-16-8)34-26-60-31-39-68(40-32-60)78(47-19-11-3)48-20-12-4/h25-44,53-58H,9-24,45-52H2,1-8H3/b33-25+,34-26+,35-27+,36-28+. The Labute approximate surface area is 495 Å². The first kappa shape index (κ1) is 64.1. The zero-order valence-electron chi connectivity index (χ0n) is 51.4. The van der Waals surface area contributed by atoms with Gasteiger partial charge in [-0.3, -0.25) is 9.97 Å². The number of hydrogen-bond acceptors (Lipinski definition) is 8. The van der Waals surface area contributed by atoms with E-state index in [0.29, 0.717) is 26.4 Å². The van der Waals surface area contributed by atoms with Gasteiger partial charge in [0.2, 0.25) is 0 Å². The molecule has 0 N–H and O–H groups in total. The summed E-state index contributed by atoms with van der Waals surface area (Å²) < 4.78 is 26.1. The van der Waals surface area contributed by atoms with Crippen LogP contribution in [0.4, 0.5) is 11.4 Å². The van der Waals surface area contributed by atoms with E-state index in [1.165, 1.54) is 62.7 Å². The Morgan fingerprint density at radius 3 is 0.841 bits per heavy atom. The number of pyridine rings is 2. The molecule has 8 heteroatoms. The SMILES string of the molecule is CCCCOc1cc(/C=C/c2ccnc(-c3cc(/C=C/c4cc(OCCCC)c(/C=C/c5ccc(N(CCCC)CCCC)cc5)cc4OCCCC)ccn3)c2)c(OCCCC)cc1/C=C/c1ccc(N(CCCC)CCCC)cc1. The lowest BCUT2D eigenvalue weighted by atomic mass is 10.0. The molecule has 0 aliphatic heterocycles. The molecule has 0 spiro atoms. The Morgan fingerprint density at radius 2 is 0.573 bits per heavy atom. The van der Waals surface area contributed by atoms with Crippen molar-refractivity contribution in [3.63, 3.8) is 0 Å². The van der Waals surface area contributed by atoms with E-state index in [1.54, 1.807) is 0 Å². The maximum absolute atomic E-state index is 6.53. The average molecular weight is 1110 g/mol. The Balaban J connectivity index is 1.25. The summed E-state index contributed by atoms with van der Waals surface area (Å²) in [4.78, 5) is 14.7. The second kappa shape index (κ2) is 37.1. The van der Waals surface area contributed by atoms with Crippen molar-refractivity contribution in [3.05, 3.63) is 154 Å². The number of nitrogens with zero attached hydrogens (tertiary/aromatic N) is 4. The van der Waals surface area contributed by atoms with E-state index < -0.39 is 0 Å². The molecule has 6 rings (SSSR count). The van der Waals surface area contributed by atoms with Crippen LogP contribution in [0, 0.1) is 0 Å². The Hall–Kier alpha value is -7.06. The smallest absolute Gasteiger partial charge is 0.127 e. The quantitative estimate of drug-likeness (QED) is 0.0279. The van der Waals surface area contributed by atoms with Gasteiger partial charge in [0.1, 0.15) is 23.0 Å². The van der Waals surface area contributed by atoms with Crippen molar-refractivity contribution in [3.8, 4) is 34.4 Å². The third-order valence-corrected chi connectivity index (χ3v) is 14.6. The van der Waals surface area contributed by atoms with Crippen molar-refractivity contribution >= 4 is 60.0 Å². The Bertz CT molecular complexity index is 2670. The van der Waals surface area contributed by atoms with Gasteiger partial charge in [0.05, 0.1) is 37.8 Å². The first-order chi connectivity index (χ1) is 40.3. The molecule has 2 aromatic heterocycles. The fraction of sp³-hybridized carbons (Fsp3) is 0.432. The van der Waals surface area contributed by atoms with E-state index >= 15 is 0 Å². The first-order valence-corrected chi connectivity index (χ1v) is 31.5. The molecule has 438 valence electrons. The third kappa shape index (κ3) is 21.4. The highest BCUT2D eigenvalue weighted by Crippen LogP contribution is 2.35. The van der Waals surface area contributed by atoms with E-state index in [9.17, 15) is 0 Å². The molecular weight excluding hydrogens is 1010 g/mol. The molecule has 0 saturated heterocycles. The van der Waals surface area contributed by atoms with Crippen LogP contribution in [0.25, 0.3) is 60.0 Å². The van der Waals surface area contributed by atoms with Crippen LogP contribution in [-0.2, 0) is 0 Å². The number of ether oxygens (including phenoxy) is 4. The molecule has 0 bridgehead atoms. The molecule has 0 saturated carbocycles. The Morgan fingerprint density at radius 1 is 0.305 bits per heavy atom. The number of aromatic nitrogens is 2. The van der Waals surface area contributed by atoms with E-state index in [2.05, 4.69) is 199 Å². The number of rotatable bonds is 39. The number of anilines is 2. The highest BCUT2D eigenvalue weighted by molar-refractivity contribution is 5.82. The average Bonchev–Trinajstić information content (AvgIpc) is 3.56. The molecule has 0 radical (unpaired) electrons. The Kier molecular flexibility index (Phi) is 29.0. The molecule has 8 nitrogen and oxygen atoms in total. The van der Waals surface area contributed by atoms with Gasteiger partial charge in [-0.25, -0.2) is 0 Å². The topological polar surface area (TPSA) is 69.2 Å². The molecule has 0 aliphatic carbocycles. The van der Waals surface area contributed by atoms with Crippen LogP contribution in [0.5, 0.6) is 23.0 Å². The van der Waals surface area contributed by atoms with E-state index in [0.717, 1.165) is 156 Å². The summed E-state index contributed by atoms with van der Waals surface area (Å²) in [6, 6.07) is 34.8. The molecule has 0 amide bonds. The molecule has 0 aliphatic rings. The second-order valence-electron chi connectivity index (χ2n) is 21.5. The molecule has 6 aromatic rings. The molecule has 4 aromatic carbocycles. The van der Waals surface area contributed by atoms with Gasteiger partial charge in [0.15, 0.2) is 0 Å². The van der Waals surface area contributed by atoms with Gasteiger partial charge in [-0.2, -0.15) is 0 Å². The minimum atomic E-state index is 0.636. The fourth-order valence-corrected chi connectivity index (χ4v) is 9.36. The van der Waals surface area contributed by atoms with Gasteiger partial charge in [0.25, 0.3) is 0 Å². The van der Waals surface area contributed by atoms with Crippen molar-refractivity contribution in [2.45, 2.75) is 158 Å². The fourth-order valence-electron chi connectivity index (χ4n) is 9.36. The molecule has 0 fully saturated rings. The van der Waals surface area contributed by atoms with E-state index in [4.69, 9.17) is 28.9 Å². The highest BCUT2D eigenvalue weighted by atomic mass is 16.5. The lowest BCUT2D eigenvalue weighted by molar-refractivity contribution is 0.300. The molecule has 82 heavy (non-hydrogen) atoms. The maximum atomic E-state index is 6.53. The van der Waals surface area contributed by atoms with Crippen LogP contribution in [0.2, 0.25) is 0 Å². The number of hydrogen-bond donors (Lipinski definition) is 0. The summed E-state index contributed by atoms with van der Waals surface area (Å²) in [6.45, 7) is 24.8. The van der Waals surface area contributed by atoms with Crippen molar-refractivity contribution in [2.24, 2.45) is 0 Å². The van der Waals surface area contributed by atoms with Crippen LogP contribution < -0.4 is 28.7 Å². The predicted octanol–water partition coefficient (Wildman–Crippen LogP) is 20.4. The van der Waals surface area contributed by atoms with Crippen LogP contribution in [0.3, 0.4) is 0 Å². The largest absolute Gasteiger partial charge is 0.493 e. The van der Waals surface area contributed by atoms with Gasteiger partial charge in [-0.05, 0) is 146 Å². The van der Waals surface area contributed by atoms with E-state index in [-0.39, 0.29) is 0 Å². The van der Waals surface area contributed by atoms with Gasteiger partial charge in [0, 0.05) is 72.2 Å². The zero-order chi connectivity index (χ0) is 58.0. The van der Waals surface area contributed by atoms with Crippen molar-refractivity contribution in [1.82, 2.24) is 9.97 Å². The zero-order valence-corrected chi connectivity index (χ0v) is 51.4. The second-order valence-corrected chi connectivity index (χ2v) is 21.5. The minimum absolute atomic E-state index is 0.636. The summed E-state index contributed by atoms with van der Waals surface area (Å²) in [7, 11) is 0. The predicted molar refractivity (Wildman–Crippen MR) is 355 cm³/mol. The van der Waals surface area contributed by atoms with Crippen molar-refractivity contribution in [2.75, 3.05) is 62.4 Å². The van der Waals surface area contributed by atoms with Gasteiger partial charge < -0.3 is 28.7 Å². The monoisotopic (exact) mass is 1110 g/mol. The minimum Gasteiger partial charge on any atom is -0.493 e. The molecule has 0 unspecified atom stereocenters. The summed E-state index contributed by atoms with van der Waals surface area (Å²) in [5.41, 5.74) is 12.4. The van der Waals surface area contributed by atoms with Gasteiger partial charge in [-0.1, -0.05) is 180 Å². The first-order valence-electron chi connectivity index (χ1n) is 31.5. The van der Waals surface area contributed by atoms with E-state index in [1.807, 2.05) is 24.5 Å². The molecule has 2 heterocycles. The number of unbranched alkanes of at least 4 members (excludes halogenated alkanes) is 8. The summed E-state index contributed by atoms with van der Waals surface area (Å²) in [5.74, 6) is 3.35. The maximum Gasteiger partial charge on any atom is 0.127 e. The lowest BCUT2D eigenvalue weighted by Gasteiger charge is -2.24. The van der Waals surface area contributed by atoms with Crippen LogP contribution in [0.1, 0.15) is 203 Å². The van der Waals surface area contributed by atoms with Crippen LogP contribution in [0.15, 0.2) is 109 Å². The lowest BCUT2D eigenvalue weighted by Crippen LogP contribution is -2.25. The number of benzene rings is 4. The van der Waals surface area contributed by atoms with Crippen molar-refractivity contribution < 1.29 is 18.9 Å². The van der Waals surface area contributed by atoms with Gasteiger partial charge in [-0.15, -0.1) is 0 Å². The summed E-state index contributed by atoms with van der Waals surface area (Å²) in [5, 5.41) is 0. The van der Waals surface area contributed by atoms with Gasteiger partial charge >= 0.3 is 0 Å². The summed E-state index contributed by atoms with van der Waals surface area (Å²) in [6.07, 6.45) is 38.6. The van der Waals surface area contributed by atoms with Crippen molar-refractivity contribution in [1.29, 1.82) is 0 Å². The third-order valence-electron chi connectivity index (χ3n) is 14.6. The molecule has 0 atom stereocenters. The van der Waals surface area contributed by atoms with Crippen LogP contribution in [-0.4, -0.2) is 62.6 Å². The van der Waals surface area contributed by atoms with Crippen LogP contribution >= 0.6 is 0 Å². The highest BCUT2D eigenvalue weighted by Gasteiger charge is 2.14.